The SMILES string of the molecule is Cc1ccc(-c2noc(CCC(=O)OCC(=O)Nc3ccc4c(c3)OC3(CCCC3)O4)n2)cc1. The molecule has 1 fully saturated rings. The van der Waals surface area contributed by atoms with Crippen molar-refractivity contribution in [3.05, 3.63) is 53.9 Å². The van der Waals surface area contributed by atoms with Crippen molar-refractivity contribution in [3.8, 4) is 22.9 Å². The number of anilines is 1. The number of nitrogens with zero attached hydrogens (tertiary/aromatic N) is 2. The first-order valence-corrected chi connectivity index (χ1v) is 11.4. The van der Waals surface area contributed by atoms with Crippen LogP contribution in [0.1, 0.15) is 43.6 Å². The summed E-state index contributed by atoms with van der Waals surface area (Å²) in [6.07, 6.45) is 4.11. The predicted octanol–water partition coefficient (Wildman–Crippen LogP) is 4.20. The zero-order valence-electron chi connectivity index (χ0n) is 18.8. The Morgan fingerprint density at radius 3 is 2.62 bits per heavy atom. The summed E-state index contributed by atoms with van der Waals surface area (Å²) in [6, 6.07) is 13.0. The van der Waals surface area contributed by atoms with Gasteiger partial charge in [0.15, 0.2) is 18.1 Å². The molecule has 3 aromatic rings. The smallest absolute Gasteiger partial charge is 0.306 e. The number of carbonyl (C=O) groups excluding carboxylic acids is 2. The number of hydrogen-bond acceptors (Lipinski definition) is 8. The van der Waals surface area contributed by atoms with Gasteiger partial charge in [-0.3, -0.25) is 9.59 Å². The fraction of sp³-hybridized carbons (Fsp3) is 0.360. The molecule has 0 bridgehead atoms. The van der Waals surface area contributed by atoms with Crippen molar-refractivity contribution in [1.29, 1.82) is 0 Å². The number of aromatic nitrogens is 2. The van der Waals surface area contributed by atoms with Gasteiger partial charge in [0, 0.05) is 36.6 Å². The minimum absolute atomic E-state index is 0.0227. The Kier molecular flexibility index (Phi) is 5.91. The molecule has 9 nitrogen and oxygen atoms in total. The van der Waals surface area contributed by atoms with E-state index >= 15 is 0 Å². The summed E-state index contributed by atoms with van der Waals surface area (Å²) in [5.41, 5.74) is 2.52. The molecule has 1 aromatic heterocycles. The van der Waals surface area contributed by atoms with Gasteiger partial charge in [-0.15, -0.1) is 0 Å². The average molecular weight is 463 g/mol. The van der Waals surface area contributed by atoms with Gasteiger partial charge in [0.1, 0.15) is 0 Å². The third kappa shape index (κ3) is 4.88. The van der Waals surface area contributed by atoms with Crippen molar-refractivity contribution in [2.75, 3.05) is 11.9 Å². The molecule has 1 amide bonds. The predicted molar refractivity (Wildman–Crippen MR) is 121 cm³/mol. The number of aryl methyl sites for hydroxylation is 2. The van der Waals surface area contributed by atoms with Crippen molar-refractivity contribution in [2.45, 2.75) is 51.2 Å². The first kappa shape index (κ1) is 21.9. The summed E-state index contributed by atoms with van der Waals surface area (Å²) < 4.78 is 22.3. The lowest BCUT2D eigenvalue weighted by Gasteiger charge is -2.21. The third-order valence-corrected chi connectivity index (χ3v) is 5.87. The standard InChI is InChI=1S/C25H25N3O6/c1-16-4-6-17(7-5-16)24-27-22(34-28-24)10-11-23(30)31-15-21(29)26-18-8-9-19-20(14-18)33-25(32-19)12-2-3-13-25/h4-9,14H,2-3,10-13,15H2,1H3,(H,26,29). The quantitative estimate of drug-likeness (QED) is 0.519. The monoisotopic (exact) mass is 463 g/mol. The second-order valence-corrected chi connectivity index (χ2v) is 8.57. The first-order valence-electron chi connectivity index (χ1n) is 11.4. The van der Waals surface area contributed by atoms with E-state index in [2.05, 4.69) is 15.5 Å². The number of benzene rings is 2. The number of esters is 1. The molecule has 1 spiro atoms. The van der Waals surface area contributed by atoms with Crippen LogP contribution >= 0.6 is 0 Å². The van der Waals surface area contributed by atoms with E-state index in [1.165, 1.54) is 0 Å². The minimum Gasteiger partial charge on any atom is -0.456 e. The zero-order valence-corrected chi connectivity index (χ0v) is 18.8. The summed E-state index contributed by atoms with van der Waals surface area (Å²) in [7, 11) is 0. The first-order chi connectivity index (χ1) is 16.5. The van der Waals surface area contributed by atoms with Crippen LogP contribution in [-0.2, 0) is 20.7 Å². The van der Waals surface area contributed by atoms with Crippen molar-refractivity contribution in [3.63, 3.8) is 0 Å². The van der Waals surface area contributed by atoms with Gasteiger partial charge in [-0.25, -0.2) is 0 Å². The van der Waals surface area contributed by atoms with E-state index in [4.69, 9.17) is 18.7 Å². The number of nitrogens with one attached hydrogen (secondary N) is 1. The highest BCUT2D eigenvalue weighted by Crippen LogP contribution is 2.47. The summed E-state index contributed by atoms with van der Waals surface area (Å²) >= 11 is 0. The van der Waals surface area contributed by atoms with Crippen molar-refractivity contribution < 1.29 is 28.3 Å². The minimum atomic E-state index is -0.556. The highest BCUT2D eigenvalue weighted by atomic mass is 16.7. The van der Waals surface area contributed by atoms with Gasteiger partial charge >= 0.3 is 5.97 Å². The molecule has 1 aliphatic heterocycles. The Bertz CT molecular complexity index is 1200. The fourth-order valence-corrected chi connectivity index (χ4v) is 4.09. The largest absolute Gasteiger partial charge is 0.456 e. The number of ether oxygens (including phenoxy) is 3. The van der Waals surface area contributed by atoms with Crippen LogP contribution in [0.15, 0.2) is 47.0 Å². The molecule has 0 saturated heterocycles. The molecule has 0 radical (unpaired) electrons. The van der Waals surface area contributed by atoms with Crippen LogP contribution < -0.4 is 14.8 Å². The lowest BCUT2D eigenvalue weighted by atomic mass is 10.1. The Hall–Kier alpha value is -3.88. The number of amides is 1. The Labute approximate surface area is 196 Å². The van der Waals surface area contributed by atoms with Crippen LogP contribution in [0.3, 0.4) is 0 Å². The topological polar surface area (TPSA) is 113 Å². The molecule has 176 valence electrons. The van der Waals surface area contributed by atoms with Crippen LogP contribution in [0.5, 0.6) is 11.5 Å². The Morgan fingerprint density at radius 1 is 1.06 bits per heavy atom. The molecular formula is C25H25N3O6. The van der Waals surface area contributed by atoms with Gasteiger partial charge in [-0.1, -0.05) is 35.0 Å². The Morgan fingerprint density at radius 2 is 1.82 bits per heavy atom. The average Bonchev–Trinajstić information content (AvgIpc) is 3.56. The third-order valence-electron chi connectivity index (χ3n) is 5.87. The number of hydrogen-bond donors (Lipinski definition) is 1. The van der Waals surface area contributed by atoms with Crippen LogP contribution in [0.4, 0.5) is 5.69 Å². The number of fused-ring (bicyclic) bond motifs is 1. The molecular weight excluding hydrogens is 438 g/mol. The number of rotatable bonds is 7. The van der Waals surface area contributed by atoms with Crippen LogP contribution in [0, 0.1) is 6.92 Å². The maximum Gasteiger partial charge on any atom is 0.306 e. The van der Waals surface area contributed by atoms with Gasteiger partial charge in [-0.2, -0.15) is 4.98 Å². The summed E-state index contributed by atoms with van der Waals surface area (Å²) in [6.45, 7) is 1.60. The second kappa shape index (κ2) is 9.17. The molecule has 1 aliphatic carbocycles. The maximum atomic E-state index is 12.2. The summed E-state index contributed by atoms with van der Waals surface area (Å²) in [5, 5.41) is 6.65. The summed E-state index contributed by atoms with van der Waals surface area (Å²) in [4.78, 5) is 28.6. The van der Waals surface area contributed by atoms with Crippen molar-refractivity contribution in [1.82, 2.24) is 10.1 Å². The summed E-state index contributed by atoms with van der Waals surface area (Å²) in [5.74, 6) is 0.558. The van der Waals surface area contributed by atoms with E-state index in [1.807, 2.05) is 31.2 Å². The second-order valence-electron chi connectivity index (χ2n) is 8.57. The lowest BCUT2D eigenvalue weighted by molar-refractivity contribution is -0.147. The molecule has 0 unspecified atom stereocenters. The molecule has 1 N–H and O–H groups in total. The molecule has 2 aliphatic rings. The highest BCUT2D eigenvalue weighted by molar-refractivity contribution is 5.93. The van der Waals surface area contributed by atoms with E-state index < -0.39 is 24.3 Å². The zero-order chi connectivity index (χ0) is 23.5. The van der Waals surface area contributed by atoms with Gasteiger partial charge in [0.25, 0.3) is 11.7 Å². The Balaban J connectivity index is 1.07. The maximum absolute atomic E-state index is 12.2. The van der Waals surface area contributed by atoms with E-state index in [1.54, 1.807) is 18.2 Å². The fourth-order valence-electron chi connectivity index (χ4n) is 4.09. The van der Waals surface area contributed by atoms with E-state index in [9.17, 15) is 9.59 Å². The van der Waals surface area contributed by atoms with Gasteiger partial charge in [0.05, 0.1) is 6.42 Å². The van der Waals surface area contributed by atoms with Gasteiger partial charge in [-0.05, 0) is 31.9 Å². The molecule has 9 heteroatoms. The van der Waals surface area contributed by atoms with Crippen LogP contribution in [0.2, 0.25) is 0 Å². The van der Waals surface area contributed by atoms with Crippen molar-refractivity contribution in [2.24, 2.45) is 0 Å². The molecule has 0 atom stereocenters. The van der Waals surface area contributed by atoms with Gasteiger partial charge < -0.3 is 24.1 Å². The van der Waals surface area contributed by atoms with E-state index in [0.717, 1.165) is 36.8 Å². The molecule has 5 rings (SSSR count). The number of carbonyl (C=O) groups is 2. The molecule has 1 saturated carbocycles. The van der Waals surface area contributed by atoms with Gasteiger partial charge in [0.2, 0.25) is 11.7 Å². The van der Waals surface area contributed by atoms with Crippen LogP contribution in [-0.4, -0.2) is 34.4 Å². The molecule has 34 heavy (non-hydrogen) atoms. The molecule has 2 heterocycles. The van der Waals surface area contributed by atoms with Crippen molar-refractivity contribution >= 4 is 17.6 Å². The van der Waals surface area contributed by atoms with E-state index in [0.29, 0.717) is 28.9 Å². The molecule has 2 aromatic carbocycles. The highest BCUT2D eigenvalue weighted by Gasteiger charge is 2.44. The lowest BCUT2D eigenvalue weighted by Crippen LogP contribution is -2.34. The normalized spacial score (nSPS) is 15.4. The van der Waals surface area contributed by atoms with Crippen LogP contribution in [0.25, 0.3) is 11.4 Å². The van der Waals surface area contributed by atoms with E-state index in [-0.39, 0.29) is 12.8 Å².